The molecule has 8 heteroatoms. The highest BCUT2D eigenvalue weighted by molar-refractivity contribution is 7.92. The van der Waals surface area contributed by atoms with Crippen LogP contribution in [0.25, 0.3) is 0 Å². The highest BCUT2D eigenvalue weighted by Gasteiger charge is 2.39. The summed E-state index contributed by atoms with van der Waals surface area (Å²) in [5.41, 5.74) is 0. The van der Waals surface area contributed by atoms with Crippen LogP contribution < -0.4 is 0 Å². The molecule has 0 spiro atoms. The zero-order chi connectivity index (χ0) is 13.3. The van der Waals surface area contributed by atoms with Crippen LogP contribution in [0.4, 0.5) is 4.79 Å². The topological polar surface area (TPSA) is 101 Å². The fourth-order valence-corrected chi connectivity index (χ4v) is 4.13. The molecular formula is C10H15NO6S. The molecule has 1 N–H and O–H groups in total. The lowest BCUT2D eigenvalue weighted by Gasteiger charge is -2.25. The van der Waals surface area contributed by atoms with Crippen LogP contribution in [-0.2, 0) is 19.4 Å². The first-order valence-electron chi connectivity index (χ1n) is 5.80. The van der Waals surface area contributed by atoms with Crippen molar-refractivity contribution in [3.63, 3.8) is 0 Å². The van der Waals surface area contributed by atoms with Gasteiger partial charge in [-0.15, -0.1) is 0 Å². The number of carbonyl (C=O) groups excluding carboxylic acids is 1. The number of cyclic esters (lactones) is 1. The maximum atomic E-state index is 11.8. The second kappa shape index (κ2) is 4.75. The molecule has 1 amide bonds. The number of sulfone groups is 1. The summed E-state index contributed by atoms with van der Waals surface area (Å²) in [6.45, 7) is -0.0505. The first kappa shape index (κ1) is 13.1. The summed E-state index contributed by atoms with van der Waals surface area (Å²) < 4.78 is 28.2. The van der Waals surface area contributed by atoms with Crippen molar-refractivity contribution in [3.8, 4) is 0 Å². The van der Waals surface area contributed by atoms with Crippen molar-refractivity contribution in [1.82, 2.24) is 4.90 Å². The third-order valence-electron chi connectivity index (χ3n) is 3.30. The zero-order valence-electron chi connectivity index (χ0n) is 9.74. The standard InChI is InChI=1S/C10H15NO6S/c12-9(13)8-6-11(10(14)17-8)5-7-3-1-2-4-18(7,15)16/h7-8H,1-6H2,(H,12,13)/t7?,8-/m1/s1. The van der Waals surface area contributed by atoms with Crippen LogP contribution in [0.2, 0.25) is 0 Å². The monoisotopic (exact) mass is 277 g/mol. The first-order valence-corrected chi connectivity index (χ1v) is 7.51. The van der Waals surface area contributed by atoms with Gasteiger partial charge in [0.05, 0.1) is 17.5 Å². The van der Waals surface area contributed by atoms with Crippen LogP contribution in [-0.4, -0.2) is 60.7 Å². The van der Waals surface area contributed by atoms with Crippen molar-refractivity contribution in [2.24, 2.45) is 0 Å². The molecule has 2 rings (SSSR count). The van der Waals surface area contributed by atoms with Crippen molar-refractivity contribution in [2.45, 2.75) is 30.6 Å². The van der Waals surface area contributed by atoms with Crippen LogP contribution in [0.15, 0.2) is 0 Å². The van der Waals surface area contributed by atoms with E-state index in [4.69, 9.17) is 5.11 Å². The Labute approximate surface area is 105 Å². The van der Waals surface area contributed by atoms with Gasteiger partial charge in [-0.25, -0.2) is 18.0 Å². The lowest BCUT2D eigenvalue weighted by molar-refractivity contribution is -0.144. The number of rotatable bonds is 3. The van der Waals surface area contributed by atoms with Gasteiger partial charge in [-0.1, -0.05) is 6.42 Å². The van der Waals surface area contributed by atoms with Crippen molar-refractivity contribution in [2.75, 3.05) is 18.8 Å². The fourth-order valence-electron chi connectivity index (χ4n) is 2.26. The molecule has 0 bridgehead atoms. The van der Waals surface area contributed by atoms with E-state index in [1.165, 1.54) is 4.90 Å². The van der Waals surface area contributed by atoms with Gasteiger partial charge in [-0.3, -0.25) is 0 Å². The van der Waals surface area contributed by atoms with Gasteiger partial charge in [0.1, 0.15) is 0 Å². The second-order valence-corrected chi connectivity index (χ2v) is 7.00. The van der Waals surface area contributed by atoms with E-state index in [1.807, 2.05) is 0 Å². The molecule has 0 aliphatic carbocycles. The van der Waals surface area contributed by atoms with E-state index >= 15 is 0 Å². The Morgan fingerprint density at radius 2 is 2.17 bits per heavy atom. The van der Waals surface area contributed by atoms with Gasteiger partial charge in [0.25, 0.3) is 0 Å². The average Bonchev–Trinajstić information content (AvgIpc) is 2.63. The normalized spacial score (nSPS) is 31.1. The molecule has 2 fully saturated rings. The molecule has 2 heterocycles. The highest BCUT2D eigenvalue weighted by atomic mass is 32.2. The maximum Gasteiger partial charge on any atom is 0.410 e. The fraction of sp³-hybridized carbons (Fsp3) is 0.800. The van der Waals surface area contributed by atoms with Gasteiger partial charge in [0, 0.05) is 6.54 Å². The van der Waals surface area contributed by atoms with Crippen LogP contribution in [0.3, 0.4) is 0 Å². The molecule has 7 nitrogen and oxygen atoms in total. The van der Waals surface area contributed by atoms with Crippen molar-refractivity contribution in [3.05, 3.63) is 0 Å². The molecule has 1 unspecified atom stereocenters. The number of carboxylic acid groups (broad SMARTS) is 1. The van der Waals surface area contributed by atoms with Crippen LogP contribution in [0.1, 0.15) is 19.3 Å². The molecule has 0 radical (unpaired) electrons. The Balaban J connectivity index is 2.01. The van der Waals surface area contributed by atoms with E-state index < -0.39 is 33.3 Å². The average molecular weight is 277 g/mol. The van der Waals surface area contributed by atoms with Crippen LogP contribution in [0, 0.1) is 0 Å². The Hall–Kier alpha value is -1.31. The predicted molar refractivity (Wildman–Crippen MR) is 60.9 cm³/mol. The molecule has 0 aromatic heterocycles. The molecule has 2 aliphatic heterocycles. The smallest absolute Gasteiger partial charge is 0.410 e. The third kappa shape index (κ3) is 2.58. The SMILES string of the molecule is O=C(O)[C@H]1CN(CC2CCCCS2(=O)=O)C(=O)O1. The van der Waals surface area contributed by atoms with Gasteiger partial charge in [0.15, 0.2) is 9.84 Å². The number of hydrogen-bond donors (Lipinski definition) is 1. The Morgan fingerprint density at radius 1 is 1.44 bits per heavy atom. The molecule has 2 aliphatic rings. The number of nitrogens with zero attached hydrogens (tertiary/aromatic N) is 1. The number of hydrogen-bond acceptors (Lipinski definition) is 5. The summed E-state index contributed by atoms with van der Waals surface area (Å²) >= 11 is 0. The Kier molecular flexibility index (Phi) is 3.47. The van der Waals surface area contributed by atoms with Gasteiger partial charge in [0.2, 0.25) is 6.10 Å². The van der Waals surface area contributed by atoms with E-state index in [2.05, 4.69) is 4.74 Å². The highest BCUT2D eigenvalue weighted by Crippen LogP contribution is 2.22. The van der Waals surface area contributed by atoms with Gasteiger partial charge in [-0.2, -0.15) is 0 Å². The molecule has 0 saturated carbocycles. The molecule has 0 aromatic rings. The Bertz CT molecular complexity index is 459. The second-order valence-electron chi connectivity index (χ2n) is 4.60. The largest absolute Gasteiger partial charge is 0.478 e. The summed E-state index contributed by atoms with van der Waals surface area (Å²) in [5.74, 6) is -1.07. The van der Waals surface area contributed by atoms with E-state index in [-0.39, 0.29) is 18.8 Å². The third-order valence-corrected chi connectivity index (χ3v) is 5.56. The van der Waals surface area contributed by atoms with Crippen molar-refractivity contribution >= 4 is 21.9 Å². The first-order chi connectivity index (χ1) is 8.40. The van der Waals surface area contributed by atoms with Gasteiger partial charge in [-0.05, 0) is 12.8 Å². The van der Waals surface area contributed by atoms with Crippen molar-refractivity contribution < 1.29 is 27.9 Å². The minimum Gasteiger partial charge on any atom is -0.478 e. The lowest BCUT2D eigenvalue weighted by Crippen LogP contribution is -2.41. The van der Waals surface area contributed by atoms with E-state index in [1.54, 1.807) is 0 Å². The minimum absolute atomic E-state index is 0.0327. The number of carboxylic acids is 1. The summed E-state index contributed by atoms with van der Waals surface area (Å²) in [4.78, 5) is 23.3. The molecular weight excluding hydrogens is 262 g/mol. The van der Waals surface area contributed by atoms with Crippen LogP contribution >= 0.6 is 0 Å². The van der Waals surface area contributed by atoms with Crippen LogP contribution in [0.5, 0.6) is 0 Å². The molecule has 2 saturated heterocycles. The van der Waals surface area contributed by atoms with E-state index in [0.29, 0.717) is 12.8 Å². The summed E-state index contributed by atoms with van der Waals surface area (Å²) in [5, 5.41) is 8.14. The van der Waals surface area contributed by atoms with E-state index in [0.717, 1.165) is 6.42 Å². The van der Waals surface area contributed by atoms with Crippen molar-refractivity contribution in [1.29, 1.82) is 0 Å². The predicted octanol–water partition coefficient (Wildman–Crippen LogP) is -0.141. The Morgan fingerprint density at radius 3 is 2.72 bits per heavy atom. The van der Waals surface area contributed by atoms with Gasteiger partial charge < -0.3 is 14.7 Å². The summed E-state index contributed by atoms with van der Waals surface area (Å²) in [7, 11) is -3.17. The van der Waals surface area contributed by atoms with E-state index in [9.17, 15) is 18.0 Å². The number of aliphatic carboxylic acids is 1. The summed E-state index contributed by atoms with van der Waals surface area (Å²) in [6, 6.07) is 0. The quantitative estimate of drug-likeness (QED) is 0.770. The van der Waals surface area contributed by atoms with Gasteiger partial charge >= 0.3 is 12.1 Å². The maximum absolute atomic E-state index is 11.8. The summed E-state index contributed by atoms with van der Waals surface area (Å²) in [6.07, 6.45) is 0.0481. The molecule has 0 aromatic carbocycles. The zero-order valence-corrected chi connectivity index (χ0v) is 10.6. The minimum atomic E-state index is -3.17. The molecule has 2 atom stereocenters. The number of ether oxygens (including phenoxy) is 1. The number of carbonyl (C=O) groups is 2. The molecule has 18 heavy (non-hydrogen) atoms. The molecule has 102 valence electrons. The number of amides is 1. The lowest BCUT2D eigenvalue weighted by atomic mass is 10.2.